The number of piperazine rings is 1. The molecule has 12 heteroatoms. The summed E-state index contributed by atoms with van der Waals surface area (Å²) in [4.78, 5) is 18.2. The molecular formula is C35H35F3N6O3. The van der Waals surface area contributed by atoms with Crippen molar-refractivity contribution >= 4 is 27.5 Å². The third-order valence-corrected chi connectivity index (χ3v) is 10.4. The van der Waals surface area contributed by atoms with Crippen LogP contribution in [0, 0.1) is 24.0 Å². The van der Waals surface area contributed by atoms with Gasteiger partial charge in [0.05, 0.1) is 23.1 Å². The summed E-state index contributed by atoms with van der Waals surface area (Å²) in [5.41, 5.74) is -0.621. The average molecular weight is 645 g/mol. The highest BCUT2D eigenvalue weighted by Gasteiger charge is 2.53. The highest BCUT2D eigenvalue weighted by molar-refractivity contribution is 6.03. The Hall–Kier alpha value is -4.18. The number of nitrogens with one attached hydrogen (secondary N) is 1. The fourth-order valence-electron chi connectivity index (χ4n) is 8.39. The van der Waals surface area contributed by atoms with Crippen LogP contribution < -0.4 is 15.0 Å². The number of nitrogens with zero attached hydrogens (tertiary/aromatic N) is 5. The largest absolute Gasteiger partial charge is 0.508 e. The molecule has 0 saturated carbocycles. The number of phenolic OH excluding ortho intramolecular Hbond substituents is 1. The molecule has 2 N–H and O–H groups in total. The summed E-state index contributed by atoms with van der Waals surface area (Å²) in [7, 11) is 1.65. The summed E-state index contributed by atoms with van der Waals surface area (Å²) in [5, 5.41) is 15.3. The van der Waals surface area contributed by atoms with E-state index in [-0.39, 0.29) is 64.2 Å². The van der Waals surface area contributed by atoms with Gasteiger partial charge in [-0.2, -0.15) is 9.97 Å². The van der Waals surface area contributed by atoms with E-state index in [2.05, 4.69) is 31.0 Å². The van der Waals surface area contributed by atoms with E-state index in [9.17, 15) is 13.9 Å². The van der Waals surface area contributed by atoms with Crippen LogP contribution in [0.3, 0.4) is 0 Å². The molecule has 0 spiro atoms. The number of aromatic hydroxyl groups is 1. The Labute approximate surface area is 270 Å². The first-order valence-corrected chi connectivity index (χ1v) is 16.1. The average Bonchev–Trinajstić information content (AvgIpc) is 3.69. The maximum absolute atomic E-state index is 16.8. The van der Waals surface area contributed by atoms with Gasteiger partial charge in [-0.15, -0.1) is 6.42 Å². The highest BCUT2D eigenvalue weighted by Crippen LogP contribution is 2.44. The van der Waals surface area contributed by atoms with Gasteiger partial charge in [-0.05, 0) is 49.3 Å². The number of aromatic nitrogens is 3. The molecule has 0 radical (unpaired) electrons. The van der Waals surface area contributed by atoms with Crippen molar-refractivity contribution in [3.63, 3.8) is 0 Å². The number of hydrogen-bond donors (Lipinski definition) is 2. The molecule has 4 fully saturated rings. The maximum Gasteiger partial charge on any atom is 0.319 e. The number of terminal acetylenes is 1. The van der Waals surface area contributed by atoms with Crippen LogP contribution in [-0.2, 0) is 4.74 Å². The molecule has 244 valence electrons. The summed E-state index contributed by atoms with van der Waals surface area (Å²) < 4.78 is 58.2. The van der Waals surface area contributed by atoms with Crippen LogP contribution in [-0.4, -0.2) is 94.8 Å². The lowest BCUT2D eigenvalue weighted by Gasteiger charge is -2.35. The molecule has 4 aliphatic heterocycles. The number of anilines is 1. The van der Waals surface area contributed by atoms with Crippen molar-refractivity contribution in [3.8, 4) is 35.4 Å². The zero-order valence-corrected chi connectivity index (χ0v) is 26.0. The van der Waals surface area contributed by atoms with E-state index >= 15 is 4.39 Å². The van der Waals surface area contributed by atoms with E-state index in [0.29, 0.717) is 49.3 Å². The Kier molecular flexibility index (Phi) is 7.39. The first kappa shape index (κ1) is 30.2. The number of pyridine rings is 1. The topological polar surface area (TPSA) is 95.9 Å². The van der Waals surface area contributed by atoms with Gasteiger partial charge in [0, 0.05) is 68.4 Å². The predicted molar refractivity (Wildman–Crippen MR) is 171 cm³/mol. The van der Waals surface area contributed by atoms with Gasteiger partial charge in [-0.3, -0.25) is 9.88 Å². The number of alkyl halides is 1. The lowest BCUT2D eigenvalue weighted by molar-refractivity contribution is 0.0518. The lowest BCUT2D eigenvalue weighted by Crippen LogP contribution is -2.51. The van der Waals surface area contributed by atoms with Gasteiger partial charge < -0.3 is 24.8 Å². The molecule has 5 atom stereocenters. The van der Waals surface area contributed by atoms with Crippen LogP contribution in [0.4, 0.5) is 19.0 Å². The number of fused-ring (bicyclic) bond motifs is 5. The molecule has 9 nitrogen and oxygen atoms in total. The fourth-order valence-corrected chi connectivity index (χ4v) is 8.39. The second-order valence-corrected chi connectivity index (χ2v) is 13.3. The SMILES string of the molecule is C#Cc1c(F)ccc2cc(O)cc(-c3ncc4c(N5C[C@H]6CC[C@@H](C5)N6)nc(OCC56CCC(COC)N5C[C@H](F)C6)nc4c3F)c12. The monoisotopic (exact) mass is 644 g/mol. The van der Waals surface area contributed by atoms with Crippen LogP contribution in [0.15, 0.2) is 30.5 Å². The third-order valence-electron chi connectivity index (χ3n) is 10.4. The normalized spacial score (nSPS) is 27.1. The van der Waals surface area contributed by atoms with Crippen molar-refractivity contribution in [3.05, 3.63) is 47.7 Å². The molecule has 2 bridgehead atoms. The summed E-state index contributed by atoms with van der Waals surface area (Å²) in [5.74, 6) is 1.31. The Morgan fingerprint density at radius 2 is 1.94 bits per heavy atom. The number of rotatable bonds is 7. The minimum Gasteiger partial charge on any atom is -0.508 e. The molecule has 4 aliphatic rings. The summed E-state index contributed by atoms with van der Waals surface area (Å²) in [6, 6.07) is 6.09. The van der Waals surface area contributed by atoms with Crippen molar-refractivity contribution < 1.29 is 27.8 Å². The Morgan fingerprint density at radius 1 is 1.13 bits per heavy atom. The van der Waals surface area contributed by atoms with E-state index in [0.717, 1.165) is 25.7 Å². The number of halogens is 3. The third kappa shape index (κ3) is 5.03. The second-order valence-electron chi connectivity index (χ2n) is 13.3. The van der Waals surface area contributed by atoms with Crippen molar-refractivity contribution in [1.82, 2.24) is 25.2 Å². The quantitative estimate of drug-likeness (QED) is 0.277. The second kappa shape index (κ2) is 11.5. The van der Waals surface area contributed by atoms with Crippen LogP contribution in [0.2, 0.25) is 0 Å². The molecule has 6 heterocycles. The van der Waals surface area contributed by atoms with E-state index in [4.69, 9.17) is 20.9 Å². The number of benzene rings is 2. The number of phenols is 1. The number of methoxy groups -OCH3 is 1. The zero-order chi connectivity index (χ0) is 32.4. The van der Waals surface area contributed by atoms with Gasteiger partial charge in [0.1, 0.15) is 41.4 Å². The van der Waals surface area contributed by atoms with E-state index in [1.54, 1.807) is 7.11 Å². The molecular weight excluding hydrogens is 609 g/mol. The van der Waals surface area contributed by atoms with Crippen LogP contribution in [0.5, 0.6) is 11.8 Å². The molecule has 0 amide bonds. The molecule has 2 unspecified atom stereocenters. The minimum absolute atomic E-state index is 0.0163. The molecule has 2 aromatic carbocycles. The van der Waals surface area contributed by atoms with Crippen molar-refractivity contribution in [2.75, 3.05) is 44.9 Å². The fraction of sp³-hybridized carbons (Fsp3) is 0.457. The van der Waals surface area contributed by atoms with Gasteiger partial charge >= 0.3 is 6.01 Å². The molecule has 47 heavy (non-hydrogen) atoms. The standard InChI is InChI=1S/C35H35F3N6O3/c1-3-25-28(37)7-4-19-10-24(45)11-26(29(19)25)31-30(38)32-27(13-39-31)33(43-15-21-5-6-22(16-43)40-21)42-34(41-32)47-18-35-9-8-23(17-46-2)44(35)14-20(36)12-35/h1,4,7,10-11,13,20-23,40,45H,5-6,8-9,12,14-18H2,2H3/t20-,21-,22+,23?,35?/m1/s1. The Bertz CT molecular complexity index is 1930. The Morgan fingerprint density at radius 3 is 2.70 bits per heavy atom. The zero-order valence-electron chi connectivity index (χ0n) is 26.0. The van der Waals surface area contributed by atoms with E-state index < -0.39 is 23.3 Å². The maximum atomic E-state index is 16.8. The van der Waals surface area contributed by atoms with E-state index in [1.165, 1.54) is 30.5 Å². The van der Waals surface area contributed by atoms with Gasteiger partial charge in [-0.25, -0.2) is 13.2 Å². The minimum atomic E-state index is -0.983. The van der Waals surface area contributed by atoms with Gasteiger partial charge in [0.2, 0.25) is 0 Å². The predicted octanol–water partition coefficient (Wildman–Crippen LogP) is 4.72. The highest BCUT2D eigenvalue weighted by atomic mass is 19.1. The first-order valence-electron chi connectivity index (χ1n) is 16.1. The van der Waals surface area contributed by atoms with Crippen LogP contribution in [0.1, 0.15) is 37.7 Å². The summed E-state index contributed by atoms with van der Waals surface area (Å²) in [6.45, 7) is 2.31. The lowest BCUT2D eigenvalue weighted by atomic mass is 9.95. The number of hydrogen-bond acceptors (Lipinski definition) is 9. The molecule has 4 saturated heterocycles. The number of ether oxygens (including phenoxy) is 2. The Balaban J connectivity index is 1.25. The van der Waals surface area contributed by atoms with Gasteiger partial charge in [0.25, 0.3) is 0 Å². The van der Waals surface area contributed by atoms with Gasteiger partial charge in [0.15, 0.2) is 5.82 Å². The molecule has 8 rings (SSSR count). The van der Waals surface area contributed by atoms with Crippen molar-refractivity contribution in [2.24, 2.45) is 0 Å². The molecule has 2 aromatic heterocycles. The summed E-state index contributed by atoms with van der Waals surface area (Å²) in [6.07, 6.45) is 10.2. The van der Waals surface area contributed by atoms with Gasteiger partial charge in [-0.1, -0.05) is 12.0 Å². The van der Waals surface area contributed by atoms with Crippen LogP contribution in [0.25, 0.3) is 32.9 Å². The van der Waals surface area contributed by atoms with Crippen molar-refractivity contribution in [2.45, 2.75) is 61.9 Å². The van der Waals surface area contributed by atoms with Crippen LogP contribution >= 0.6 is 0 Å². The van der Waals surface area contributed by atoms with Crippen molar-refractivity contribution in [1.29, 1.82) is 0 Å². The first-order chi connectivity index (χ1) is 22.8. The molecule has 0 aliphatic carbocycles. The smallest absolute Gasteiger partial charge is 0.319 e. The molecule has 4 aromatic rings. The van der Waals surface area contributed by atoms with E-state index in [1.807, 2.05) is 0 Å². The summed E-state index contributed by atoms with van der Waals surface area (Å²) >= 11 is 0.